The maximum Gasteiger partial charge on any atom is 0.0630 e. The summed E-state index contributed by atoms with van der Waals surface area (Å²) < 4.78 is 9.83. The van der Waals surface area contributed by atoms with Crippen LogP contribution in [0.1, 0.15) is 6.42 Å². The first-order valence-corrected chi connectivity index (χ1v) is 5.23. The highest BCUT2D eigenvalue weighted by molar-refractivity contribution is 8.53. The smallest absolute Gasteiger partial charge is 0.0630 e. The molecular formula is C3H4NO3PS-2. The molecule has 0 aliphatic rings. The Labute approximate surface area is 56.8 Å². The van der Waals surface area contributed by atoms with Crippen LogP contribution in [0, 0.1) is 11.3 Å². The summed E-state index contributed by atoms with van der Waals surface area (Å²) in [6, 6.07) is 1.72. The summed E-state index contributed by atoms with van der Waals surface area (Å²) in [5, 5.41) is 7.91. The van der Waals surface area contributed by atoms with E-state index in [1.54, 1.807) is 6.07 Å². The van der Waals surface area contributed by atoms with Gasteiger partial charge in [-0.2, -0.15) is 5.26 Å². The maximum atomic E-state index is 9.83. The van der Waals surface area contributed by atoms with Gasteiger partial charge in [-0.05, 0) is 6.80 Å². The minimum atomic E-state index is -4.43. The van der Waals surface area contributed by atoms with Crippen LogP contribution in [-0.2, 0) is 4.57 Å². The second kappa shape index (κ2) is 3.91. The SMILES string of the molecule is N#CCCSP(=O)([O-])[O-]. The molecule has 6 heteroatoms. The second-order valence-electron chi connectivity index (χ2n) is 1.19. The van der Waals surface area contributed by atoms with Gasteiger partial charge in [0.1, 0.15) is 0 Å². The minimum absolute atomic E-state index is 0.0702. The van der Waals surface area contributed by atoms with Crippen LogP contribution in [-0.4, -0.2) is 5.75 Å². The summed E-state index contributed by atoms with van der Waals surface area (Å²) in [5.41, 5.74) is 0. The van der Waals surface area contributed by atoms with Crippen LogP contribution in [0.2, 0.25) is 0 Å². The van der Waals surface area contributed by atoms with Crippen molar-refractivity contribution in [2.75, 3.05) is 5.75 Å². The van der Waals surface area contributed by atoms with Crippen LogP contribution in [0.15, 0.2) is 0 Å². The van der Waals surface area contributed by atoms with Gasteiger partial charge in [0.05, 0.1) is 6.07 Å². The Morgan fingerprint density at radius 1 is 1.67 bits per heavy atom. The number of nitriles is 1. The highest BCUT2D eigenvalue weighted by atomic mass is 32.7. The summed E-state index contributed by atoms with van der Waals surface area (Å²) in [4.78, 5) is 19.7. The lowest BCUT2D eigenvalue weighted by Gasteiger charge is -2.27. The van der Waals surface area contributed by atoms with E-state index in [1.807, 2.05) is 0 Å². The van der Waals surface area contributed by atoms with E-state index in [9.17, 15) is 14.4 Å². The highest BCUT2D eigenvalue weighted by Crippen LogP contribution is 2.41. The maximum absolute atomic E-state index is 9.83. The van der Waals surface area contributed by atoms with Crippen LogP contribution in [0.3, 0.4) is 0 Å². The van der Waals surface area contributed by atoms with Gasteiger partial charge in [-0.25, -0.2) is 0 Å². The minimum Gasteiger partial charge on any atom is -0.803 e. The van der Waals surface area contributed by atoms with Gasteiger partial charge in [-0.3, -0.25) is 0 Å². The fourth-order valence-electron chi connectivity index (χ4n) is 0.203. The Kier molecular flexibility index (Phi) is 3.91. The van der Waals surface area contributed by atoms with E-state index in [1.165, 1.54) is 0 Å². The summed E-state index contributed by atoms with van der Waals surface area (Å²) in [5.74, 6) is 0.0702. The molecule has 0 unspecified atom stereocenters. The Morgan fingerprint density at radius 2 is 2.22 bits per heavy atom. The molecule has 0 atom stereocenters. The molecule has 0 saturated heterocycles. The average Bonchev–Trinajstić information content (AvgIpc) is 1.63. The molecular weight excluding hydrogens is 161 g/mol. The predicted octanol–water partition coefficient (Wildman–Crippen LogP) is -0.538. The van der Waals surface area contributed by atoms with Crippen molar-refractivity contribution < 1.29 is 14.4 Å². The fraction of sp³-hybridized carbons (Fsp3) is 0.667. The summed E-state index contributed by atoms with van der Waals surface area (Å²) >= 11 is 0.280. The molecule has 0 N–H and O–H groups in total. The molecule has 0 amide bonds. The molecule has 0 rings (SSSR count). The lowest BCUT2D eigenvalue weighted by Crippen LogP contribution is -2.10. The summed E-state index contributed by atoms with van der Waals surface area (Å²) in [6.07, 6.45) is 0.0964. The van der Waals surface area contributed by atoms with E-state index < -0.39 is 6.80 Å². The molecule has 0 bridgehead atoms. The third kappa shape index (κ3) is 7.99. The van der Waals surface area contributed by atoms with E-state index in [0.29, 0.717) is 0 Å². The lowest BCUT2D eigenvalue weighted by atomic mass is 10.6. The first-order chi connectivity index (χ1) is 4.06. The van der Waals surface area contributed by atoms with Gasteiger partial charge in [0.15, 0.2) is 0 Å². The van der Waals surface area contributed by atoms with Crippen molar-refractivity contribution in [3.63, 3.8) is 0 Å². The van der Waals surface area contributed by atoms with E-state index in [0.717, 1.165) is 0 Å². The van der Waals surface area contributed by atoms with Crippen molar-refractivity contribution in [1.82, 2.24) is 0 Å². The van der Waals surface area contributed by atoms with Crippen LogP contribution < -0.4 is 9.79 Å². The first-order valence-electron chi connectivity index (χ1n) is 2.10. The number of hydrogen-bond acceptors (Lipinski definition) is 5. The number of hydrogen-bond donors (Lipinski definition) is 0. The Morgan fingerprint density at radius 3 is 2.56 bits per heavy atom. The third-order valence-corrected chi connectivity index (χ3v) is 2.66. The van der Waals surface area contributed by atoms with Crippen molar-refractivity contribution in [2.24, 2.45) is 0 Å². The largest absolute Gasteiger partial charge is 0.803 e. The zero-order valence-electron chi connectivity index (χ0n) is 4.44. The summed E-state index contributed by atoms with van der Waals surface area (Å²) in [7, 11) is 0. The lowest BCUT2D eigenvalue weighted by molar-refractivity contribution is -0.302. The standard InChI is InChI=1S/C3H6NO3PS/c4-2-1-3-9-8(5,6)7/h1,3H2,(H2,5,6,7)/p-2. The normalized spacial score (nSPS) is 10.8. The highest BCUT2D eigenvalue weighted by Gasteiger charge is 1.89. The zero-order chi connectivity index (χ0) is 7.33. The average molecular weight is 165 g/mol. The van der Waals surface area contributed by atoms with Crippen LogP contribution in [0.4, 0.5) is 0 Å². The molecule has 9 heavy (non-hydrogen) atoms. The molecule has 0 aromatic carbocycles. The van der Waals surface area contributed by atoms with Crippen molar-refractivity contribution in [1.29, 1.82) is 5.26 Å². The third-order valence-electron chi connectivity index (χ3n) is 0.463. The molecule has 0 spiro atoms. The van der Waals surface area contributed by atoms with Crippen LogP contribution >= 0.6 is 18.2 Å². The molecule has 0 aliphatic carbocycles. The van der Waals surface area contributed by atoms with Crippen molar-refractivity contribution in [3.8, 4) is 6.07 Å². The van der Waals surface area contributed by atoms with E-state index in [4.69, 9.17) is 5.26 Å². The monoisotopic (exact) mass is 165 g/mol. The quantitative estimate of drug-likeness (QED) is 0.414. The van der Waals surface area contributed by atoms with E-state index in [-0.39, 0.29) is 23.6 Å². The molecule has 0 saturated carbocycles. The molecule has 0 heterocycles. The molecule has 4 nitrogen and oxygen atoms in total. The predicted molar refractivity (Wildman–Crippen MR) is 30.3 cm³/mol. The van der Waals surface area contributed by atoms with Gasteiger partial charge in [-0.15, -0.1) is 11.4 Å². The van der Waals surface area contributed by atoms with Gasteiger partial charge < -0.3 is 14.4 Å². The molecule has 0 radical (unpaired) electrons. The Hall–Kier alpha value is -0.0100. The Bertz CT molecular complexity index is 159. The topological polar surface area (TPSA) is 87.0 Å². The molecule has 0 aromatic rings. The van der Waals surface area contributed by atoms with Crippen LogP contribution in [0.25, 0.3) is 0 Å². The van der Waals surface area contributed by atoms with Crippen molar-refractivity contribution in [3.05, 3.63) is 0 Å². The van der Waals surface area contributed by atoms with Gasteiger partial charge in [0.2, 0.25) is 0 Å². The molecule has 0 fully saturated rings. The number of rotatable bonds is 3. The van der Waals surface area contributed by atoms with E-state index >= 15 is 0 Å². The van der Waals surface area contributed by atoms with Crippen molar-refractivity contribution >= 4 is 18.2 Å². The van der Waals surface area contributed by atoms with Gasteiger partial charge in [-0.1, -0.05) is 0 Å². The zero-order valence-corrected chi connectivity index (χ0v) is 6.15. The summed E-state index contributed by atoms with van der Waals surface area (Å²) in [6.45, 7) is -4.43. The molecule has 0 aliphatic heterocycles. The molecule has 0 aromatic heterocycles. The first kappa shape index (κ1) is 8.99. The van der Waals surface area contributed by atoms with Crippen LogP contribution in [0.5, 0.6) is 0 Å². The van der Waals surface area contributed by atoms with E-state index in [2.05, 4.69) is 0 Å². The van der Waals surface area contributed by atoms with Crippen molar-refractivity contribution in [2.45, 2.75) is 6.42 Å². The van der Waals surface area contributed by atoms with Gasteiger partial charge in [0.25, 0.3) is 0 Å². The fourth-order valence-corrected chi connectivity index (χ4v) is 1.55. The second-order valence-corrected chi connectivity index (χ2v) is 4.87. The van der Waals surface area contributed by atoms with Gasteiger partial charge in [0, 0.05) is 12.2 Å². The van der Waals surface area contributed by atoms with Gasteiger partial charge >= 0.3 is 0 Å². The number of nitrogens with zero attached hydrogens (tertiary/aromatic N) is 1. The Balaban J connectivity index is 3.32. The molecule has 52 valence electrons.